The van der Waals surface area contributed by atoms with Crippen LogP contribution in [-0.4, -0.2) is 53.9 Å². The minimum absolute atomic E-state index is 0.0991. The molecule has 1 aromatic carbocycles. The molecule has 0 bridgehead atoms. The predicted molar refractivity (Wildman–Crippen MR) is 108 cm³/mol. The zero-order chi connectivity index (χ0) is 21.6. The van der Waals surface area contributed by atoms with E-state index >= 15 is 0 Å². The molecule has 0 atom stereocenters. The van der Waals surface area contributed by atoms with E-state index < -0.39 is 35.8 Å². The first kappa shape index (κ1) is 21.8. The standard InChI is InChI=1S/C22H28N2O6/c1-2-29-17-9-5-4-8-16(17)10-11-20(27)30-15-19(26)24-14-18(25)23-21(28)22(24)12-6-3-7-13-22/h4-5,8-9H,2-3,6-7,10-15H2,1H3,(H,23,25,28). The summed E-state index contributed by atoms with van der Waals surface area (Å²) in [5.74, 6) is -1.24. The van der Waals surface area contributed by atoms with Crippen LogP contribution in [0.1, 0.15) is 51.0 Å². The monoisotopic (exact) mass is 416 g/mol. The molecule has 1 saturated carbocycles. The van der Waals surface area contributed by atoms with Gasteiger partial charge in [-0.2, -0.15) is 0 Å². The number of rotatable bonds is 7. The lowest BCUT2D eigenvalue weighted by Crippen LogP contribution is -2.69. The largest absolute Gasteiger partial charge is 0.494 e. The predicted octanol–water partition coefficient (Wildman–Crippen LogP) is 1.75. The molecule has 1 aliphatic carbocycles. The van der Waals surface area contributed by atoms with E-state index in [0.717, 1.165) is 30.6 Å². The van der Waals surface area contributed by atoms with Gasteiger partial charge in [-0.25, -0.2) is 0 Å². The highest BCUT2D eigenvalue weighted by Gasteiger charge is 2.50. The van der Waals surface area contributed by atoms with E-state index in [1.165, 1.54) is 4.90 Å². The third-order valence-electron chi connectivity index (χ3n) is 5.70. The number of piperazine rings is 1. The lowest BCUT2D eigenvalue weighted by Gasteiger charge is -2.47. The van der Waals surface area contributed by atoms with Crippen molar-refractivity contribution in [2.45, 2.75) is 57.4 Å². The second-order valence-corrected chi connectivity index (χ2v) is 7.65. The topological polar surface area (TPSA) is 102 Å². The number of imide groups is 1. The van der Waals surface area contributed by atoms with Gasteiger partial charge in [-0.15, -0.1) is 0 Å². The van der Waals surface area contributed by atoms with Gasteiger partial charge in [0.25, 0.3) is 11.8 Å². The Balaban J connectivity index is 1.57. The summed E-state index contributed by atoms with van der Waals surface area (Å²) in [6, 6.07) is 7.46. The summed E-state index contributed by atoms with van der Waals surface area (Å²) in [7, 11) is 0. The van der Waals surface area contributed by atoms with Crippen LogP contribution in [0.2, 0.25) is 0 Å². The van der Waals surface area contributed by atoms with Crippen LogP contribution in [0.15, 0.2) is 24.3 Å². The minimum atomic E-state index is -1.01. The van der Waals surface area contributed by atoms with Gasteiger partial charge in [-0.05, 0) is 37.8 Å². The van der Waals surface area contributed by atoms with Crippen LogP contribution in [0.5, 0.6) is 5.75 Å². The molecule has 3 rings (SSSR count). The lowest BCUT2D eigenvalue weighted by molar-refractivity contribution is -0.164. The summed E-state index contributed by atoms with van der Waals surface area (Å²) in [6.45, 7) is 1.75. The summed E-state index contributed by atoms with van der Waals surface area (Å²) >= 11 is 0. The Morgan fingerprint density at radius 2 is 1.87 bits per heavy atom. The van der Waals surface area contributed by atoms with Gasteiger partial charge in [0.05, 0.1) is 6.61 Å². The summed E-state index contributed by atoms with van der Waals surface area (Å²) in [5, 5.41) is 2.35. The number of hydrogen-bond acceptors (Lipinski definition) is 6. The fourth-order valence-electron chi connectivity index (χ4n) is 4.20. The first-order chi connectivity index (χ1) is 14.5. The van der Waals surface area contributed by atoms with Crippen LogP contribution in [-0.2, 0) is 30.3 Å². The highest BCUT2D eigenvalue weighted by molar-refractivity contribution is 6.06. The Morgan fingerprint density at radius 3 is 2.60 bits per heavy atom. The molecule has 8 nitrogen and oxygen atoms in total. The number of nitrogens with zero attached hydrogens (tertiary/aromatic N) is 1. The maximum absolute atomic E-state index is 12.8. The smallest absolute Gasteiger partial charge is 0.306 e. The molecule has 30 heavy (non-hydrogen) atoms. The summed E-state index contributed by atoms with van der Waals surface area (Å²) in [4.78, 5) is 50.7. The van der Waals surface area contributed by atoms with Crippen LogP contribution in [0.4, 0.5) is 0 Å². The zero-order valence-electron chi connectivity index (χ0n) is 17.3. The van der Waals surface area contributed by atoms with Crippen molar-refractivity contribution in [1.82, 2.24) is 10.2 Å². The van der Waals surface area contributed by atoms with Crippen LogP contribution in [0.3, 0.4) is 0 Å². The quantitative estimate of drug-likeness (QED) is 0.537. The van der Waals surface area contributed by atoms with Gasteiger partial charge in [0, 0.05) is 6.42 Å². The molecule has 2 fully saturated rings. The number of amides is 3. The van der Waals surface area contributed by atoms with Gasteiger partial charge in [0.1, 0.15) is 17.8 Å². The number of carbonyl (C=O) groups is 4. The Bertz CT molecular complexity index is 816. The van der Waals surface area contributed by atoms with Crippen LogP contribution in [0.25, 0.3) is 0 Å². The minimum Gasteiger partial charge on any atom is -0.494 e. The molecular weight excluding hydrogens is 388 g/mol. The maximum Gasteiger partial charge on any atom is 0.306 e. The van der Waals surface area contributed by atoms with Gasteiger partial charge in [0.2, 0.25) is 5.91 Å². The number of para-hydroxylation sites is 1. The van der Waals surface area contributed by atoms with Crippen molar-refractivity contribution in [1.29, 1.82) is 0 Å². The van der Waals surface area contributed by atoms with Gasteiger partial charge in [0.15, 0.2) is 6.61 Å². The molecular formula is C22H28N2O6. The normalized spacial score (nSPS) is 18.1. The van der Waals surface area contributed by atoms with E-state index in [1.807, 2.05) is 31.2 Å². The summed E-state index contributed by atoms with van der Waals surface area (Å²) in [5.41, 5.74) is -0.117. The fourth-order valence-corrected chi connectivity index (χ4v) is 4.20. The fraction of sp³-hybridized carbons (Fsp3) is 0.545. The van der Waals surface area contributed by atoms with Crippen LogP contribution >= 0.6 is 0 Å². The molecule has 0 unspecified atom stereocenters. The van der Waals surface area contributed by atoms with E-state index in [9.17, 15) is 19.2 Å². The molecule has 0 radical (unpaired) electrons. The van der Waals surface area contributed by atoms with Crippen LogP contribution < -0.4 is 10.1 Å². The van der Waals surface area contributed by atoms with Crippen molar-refractivity contribution in [2.75, 3.05) is 19.8 Å². The van der Waals surface area contributed by atoms with Crippen molar-refractivity contribution in [3.63, 3.8) is 0 Å². The summed E-state index contributed by atoms with van der Waals surface area (Å²) in [6.07, 6.45) is 4.16. The second kappa shape index (κ2) is 9.73. The van der Waals surface area contributed by atoms with E-state index in [1.54, 1.807) is 0 Å². The van der Waals surface area contributed by atoms with E-state index in [4.69, 9.17) is 9.47 Å². The number of carbonyl (C=O) groups excluding carboxylic acids is 4. The van der Waals surface area contributed by atoms with Crippen molar-refractivity contribution < 1.29 is 28.7 Å². The Kier molecular flexibility index (Phi) is 7.07. The van der Waals surface area contributed by atoms with Gasteiger partial charge < -0.3 is 14.4 Å². The van der Waals surface area contributed by atoms with Crippen molar-refractivity contribution in [3.05, 3.63) is 29.8 Å². The molecule has 1 aliphatic heterocycles. The molecule has 1 aromatic rings. The number of ether oxygens (including phenoxy) is 2. The van der Waals surface area contributed by atoms with Crippen LogP contribution in [0, 0.1) is 0 Å². The SMILES string of the molecule is CCOc1ccccc1CCC(=O)OCC(=O)N1CC(=O)NC(=O)C12CCCCC2. The molecule has 1 N–H and O–H groups in total. The number of hydrogen-bond donors (Lipinski definition) is 1. The maximum atomic E-state index is 12.8. The molecule has 8 heteroatoms. The molecule has 1 spiro atoms. The van der Waals surface area contributed by atoms with Crippen molar-refractivity contribution >= 4 is 23.7 Å². The summed E-state index contributed by atoms with van der Waals surface area (Å²) < 4.78 is 10.7. The van der Waals surface area contributed by atoms with Gasteiger partial charge in [-0.3, -0.25) is 24.5 Å². The number of nitrogens with one attached hydrogen (secondary N) is 1. The molecule has 162 valence electrons. The Hall–Kier alpha value is -2.90. The van der Waals surface area contributed by atoms with Crippen molar-refractivity contribution in [2.24, 2.45) is 0 Å². The van der Waals surface area contributed by atoms with E-state index in [-0.39, 0.29) is 13.0 Å². The second-order valence-electron chi connectivity index (χ2n) is 7.65. The van der Waals surface area contributed by atoms with E-state index in [2.05, 4.69) is 5.32 Å². The average molecular weight is 416 g/mol. The molecule has 0 aromatic heterocycles. The molecule has 1 saturated heterocycles. The first-order valence-corrected chi connectivity index (χ1v) is 10.5. The van der Waals surface area contributed by atoms with E-state index in [0.29, 0.717) is 25.9 Å². The van der Waals surface area contributed by atoms with Crippen molar-refractivity contribution in [3.8, 4) is 5.75 Å². The molecule has 3 amide bonds. The lowest BCUT2D eigenvalue weighted by atomic mass is 9.78. The zero-order valence-corrected chi connectivity index (χ0v) is 17.3. The Morgan fingerprint density at radius 1 is 1.13 bits per heavy atom. The third-order valence-corrected chi connectivity index (χ3v) is 5.70. The first-order valence-electron chi connectivity index (χ1n) is 10.5. The average Bonchev–Trinajstić information content (AvgIpc) is 2.75. The third kappa shape index (κ3) is 4.80. The number of benzene rings is 1. The van der Waals surface area contributed by atoms with Gasteiger partial charge in [-0.1, -0.05) is 37.5 Å². The Labute approximate surface area is 175 Å². The van der Waals surface area contributed by atoms with Gasteiger partial charge >= 0.3 is 5.97 Å². The highest BCUT2D eigenvalue weighted by atomic mass is 16.5. The highest BCUT2D eigenvalue weighted by Crippen LogP contribution is 2.35. The number of esters is 1. The number of aryl methyl sites for hydroxylation is 1. The molecule has 1 heterocycles. The molecule has 2 aliphatic rings.